The first-order valence-corrected chi connectivity index (χ1v) is 15.0. The van der Waals surface area contributed by atoms with E-state index in [4.69, 9.17) is 18.9 Å². The molecule has 0 aromatic heterocycles. The van der Waals surface area contributed by atoms with Gasteiger partial charge < -0.3 is 29.2 Å². The molecule has 3 aromatic rings. The Morgan fingerprint density at radius 1 is 0.891 bits per heavy atom. The normalized spacial score (nSPS) is 12.3. The van der Waals surface area contributed by atoms with Gasteiger partial charge in [0.15, 0.2) is 0 Å². The average Bonchev–Trinajstić information content (AvgIpc) is 2.99. The summed E-state index contributed by atoms with van der Waals surface area (Å²) in [7, 11) is 0. The van der Waals surface area contributed by atoms with Crippen LogP contribution in [0, 0.1) is 22.0 Å². The molecule has 3 aromatic carbocycles. The molecule has 11 nitrogen and oxygen atoms in total. The second-order valence-electron chi connectivity index (χ2n) is 12.0. The number of fused-ring (bicyclic) bond motifs is 2. The van der Waals surface area contributed by atoms with Crippen molar-refractivity contribution in [2.45, 2.75) is 58.3 Å². The number of carbonyl (C=O) groups is 2. The Morgan fingerprint density at radius 3 is 2.28 bits per heavy atom. The van der Waals surface area contributed by atoms with Crippen LogP contribution in [-0.4, -0.2) is 54.7 Å². The van der Waals surface area contributed by atoms with E-state index in [9.17, 15) is 19.7 Å². The number of anilines is 1. The van der Waals surface area contributed by atoms with E-state index in [0.717, 1.165) is 22.4 Å². The Hall–Kier alpha value is -5.08. The van der Waals surface area contributed by atoms with Gasteiger partial charge in [-0.3, -0.25) is 10.1 Å². The zero-order valence-corrected chi connectivity index (χ0v) is 26.5. The zero-order chi connectivity index (χ0) is 33.2. The fourth-order valence-corrected chi connectivity index (χ4v) is 4.67. The van der Waals surface area contributed by atoms with Crippen LogP contribution in [0.15, 0.2) is 72.8 Å². The highest BCUT2D eigenvalue weighted by Gasteiger charge is 2.27. The molecule has 0 aliphatic carbocycles. The maximum atomic E-state index is 12.5. The number of rotatable bonds is 13. The van der Waals surface area contributed by atoms with Gasteiger partial charge in [0.2, 0.25) is 0 Å². The van der Waals surface area contributed by atoms with E-state index in [1.54, 1.807) is 13.8 Å². The van der Waals surface area contributed by atoms with E-state index in [-0.39, 0.29) is 24.7 Å². The van der Waals surface area contributed by atoms with Gasteiger partial charge in [0, 0.05) is 55.7 Å². The summed E-state index contributed by atoms with van der Waals surface area (Å²) in [4.78, 5) is 37.1. The van der Waals surface area contributed by atoms with Crippen molar-refractivity contribution in [2.75, 3.05) is 31.2 Å². The largest absolute Gasteiger partial charge is 0.514 e. The summed E-state index contributed by atoms with van der Waals surface area (Å²) in [5.74, 6) is 6.68. The van der Waals surface area contributed by atoms with Gasteiger partial charge in [0.1, 0.15) is 11.4 Å². The number of alkyl carbamates (subject to hydrolysis) is 1. The number of non-ortho nitro benzene ring substituents is 1. The lowest BCUT2D eigenvalue weighted by Crippen LogP contribution is -2.36. The van der Waals surface area contributed by atoms with Gasteiger partial charge in [0.05, 0.1) is 29.4 Å². The van der Waals surface area contributed by atoms with Crippen LogP contribution in [0.25, 0.3) is 0 Å². The van der Waals surface area contributed by atoms with Crippen LogP contribution >= 0.6 is 0 Å². The molecule has 1 amide bonds. The third-order valence-electron chi connectivity index (χ3n) is 7.35. The van der Waals surface area contributed by atoms with Crippen LogP contribution in [0.5, 0.6) is 5.75 Å². The molecule has 0 saturated carbocycles. The number of carbonyl (C=O) groups excluding carboxylic acids is 2. The summed E-state index contributed by atoms with van der Waals surface area (Å²) >= 11 is 0. The van der Waals surface area contributed by atoms with Gasteiger partial charge in [-0.2, -0.15) is 0 Å². The lowest BCUT2D eigenvalue weighted by molar-refractivity contribution is -0.384. The lowest BCUT2D eigenvalue weighted by atomic mass is 10.0. The number of hydrogen-bond acceptors (Lipinski definition) is 9. The molecule has 0 unspecified atom stereocenters. The van der Waals surface area contributed by atoms with Gasteiger partial charge >= 0.3 is 12.2 Å². The van der Waals surface area contributed by atoms with Crippen molar-refractivity contribution in [3.63, 3.8) is 0 Å². The number of nitro benzene ring substituents is 1. The number of nitrogens with zero attached hydrogens (tertiary/aromatic N) is 2. The summed E-state index contributed by atoms with van der Waals surface area (Å²) < 4.78 is 22.0. The average molecular weight is 630 g/mol. The summed E-state index contributed by atoms with van der Waals surface area (Å²) in [6, 6.07) is 21.2. The third kappa shape index (κ3) is 10.2. The first-order chi connectivity index (χ1) is 21.9. The minimum Gasteiger partial charge on any atom is -0.449 e. The van der Waals surface area contributed by atoms with Gasteiger partial charge in [-0.1, -0.05) is 42.2 Å². The van der Waals surface area contributed by atoms with Crippen molar-refractivity contribution in [1.29, 1.82) is 0 Å². The lowest BCUT2D eigenvalue weighted by Gasteiger charge is -2.29. The van der Waals surface area contributed by atoms with E-state index in [0.29, 0.717) is 32.5 Å². The first-order valence-electron chi connectivity index (χ1n) is 15.0. The topological polar surface area (TPSA) is 129 Å². The highest BCUT2D eigenvalue weighted by molar-refractivity contribution is 5.68. The molecule has 1 N–H and O–H groups in total. The number of benzene rings is 3. The molecule has 0 atom stereocenters. The molecule has 1 aliphatic heterocycles. The number of para-hydroxylation sites is 1. The Kier molecular flexibility index (Phi) is 11.2. The van der Waals surface area contributed by atoms with Crippen LogP contribution in [0.3, 0.4) is 0 Å². The first kappa shape index (κ1) is 33.8. The number of amides is 1. The maximum absolute atomic E-state index is 12.5. The van der Waals surface area contributed by atoms with E-state index in [1.807, 2.05) is 56.3 Å². The van der Waals surface area contributed by atoms with Crippen molar-refractivity contribution in [3.05, 3.63) is 99.6 Å². The van der Waals surface area contributed by atoms with E-state index < -0.39 is 28.4 Å². The summed E-state index contributed by atoms with van der Waals surface area (Å²) in [5.41, 5.74) is 2.49. The molecule has 0 bridgehead atoms. The predicted octanol–water partition coefficient (Wildman–Crippen LogP) is 6.61. The van der Waals surface area contributed by atoms with Crippen LogP contribution in [0.1, 0.15) is 57.2 Å². The Bertz CT molecular complexity index is 1590. The van der Waals surface area contributed by atoms with Gasteiger partial charge in [-0.25, -0.2) is 9.59 Å². The van der Waals surface area contributed by atoms with Crippen molar-refractivity contribution in [2.24, 2.45) is 0 Å². The summed E-state index contributed by atoms with van der Waals surface area (Å²) in [6.45, 7) is 9.33. The highest BCUT2D eigenvalue weighted by atomic mass is 16.7. The third-order valence-corrected chi connectivity index (χ3v) is 7.35. The summed E-state index contributed by atoms with van der Waals surface area (Å²) in [5, 5.41) is 13.6. The molecule has 1 heterocycles. The minimum atomic E-state index is -0.924. The molecular formula is C35H39N3O8. The SMILES string of the molecule is CC(C)(CCOC(=O)NCCN1Cc2ccccc2C#Cc2ccccc21)OCCC(C)(C)OC(=O)Oc1ccc([N+](=O)[O-])cc1. The van der Waals surface area contributed by atoms with Crippen molar-refractivity contribution < 1.29 is 33.5 Å². The molecule has 4 rings (SSSR count). The molecule has 0 radical (unpaired) electrons. The Balaban J connectivity index is 1.15. The Morgan fingerprint density at radius 2 is 1.54 bits per heavy atom. The van der Waals surface area contributed by atoms with Crippen molar-refractivity contribution in [3.8, 4) is 17.6 Å². The second kappa shape index (κ2) is 15.3. The van der Waals surface area contributed by atoms with Crippen LogP contribution < -0.4 is 15.0 Å². The highest BCUT2D eigenvalue weighted by Crippen LogP contribution is 2.25. The standard InChI is InChI=1S/C35H39N3O8/c1-34(2,44-24-20-35(3,4)46-33(40)45-30-17-15-29(16-18-30)38(41)42)19-23-43-32(39)36-21-22-37-25-28-11-6-5-9-26(28)13-14-27-10-7-8-12-31(27)37/h5-12,15-18H,19-25H2,1-4H3,(H,36,39). The van der Waals surface area contributed by atoms with Crippen molar-refractivity contribution >= 4 is 23.6 Å². The molecule has 0 saturated heterocycles. The summed E-state index contributed by atoms with van der Waals surface area (Å²) in [6.07, 6.45) is -0.592. The number of nitro groups is 1. The van der Waals surface area contributed by atoms with E-state index >= 15 is 0 Å². The number of hydrogen-bond donors (Lipinski definition) is 1. The van der Waals surface area contributed by atoms with Gasteiger partial charge in [-0.15, -0.1) is 0 Å². The monoisotopic (exact) mass is 629 g/mol. The van der Waals surface area contributed by atoms with Crippen LogP contribution in [-0.2, 0) is 20.8 Å². The maximum Gasteiger partial charge on any atom is 0.514 e. The van der Waals surface area contributed by atoms with Gasteiger partial charge in [0.25, 0.3) is 5.69 Å². The molecular weight excluding hydrogens is 590 g/mol. The van der Waals surface area contributed by atoms with E-state index in [2.05, 4.69) is 28.1 Å². The zero-order valence-electron chi connectivity index (χ0n) is 26.5. The molecule has 46 heavy (non-hydrogen) atoms. The minimum absolute atomic E-state index is 0.111. The molecule has 0 spiro atoms. The second-order valence-corrected chi connectivity index (χ2v) is 12.0. The quantitative estimate of drug-likeness (QED) is 0.0730. The van der Waals surface area contributed by atoms with Crippen LogP contribution in [0.2, 0.25) is 0 Å². The van der Waals surface area contributed by atoms with E-state index in [1.165, 1.54) is 24.3 Å². The van der Waals surface area contributed by atoms with Gasteiger partial charge in [-0.05, 0) is 63.6 Å². The number of ether oxygens (including phenoxy) is 4. The fraction of sp³-hybridized carbons (Fsp3) is 0.371. The van der Waals surface area contributed by atoms with Crippen molar-refractivity contribution in [1.82, 2.24) is 5.32 Å². The fourth-order valence-electron chi connectivity index (χ4n) is 4.67. The smallest absolute Gasteiger partial charge is 0.449 e. The number of nitrogens with one attached hydrogen (secondary N) is 1. The predicted molar refractivity (Wildman–Crippen MR) is 173 cm³/mol. The Labute approximate surface area is 268 Å². The molecule has 242 valence electrons. The molecule has 0 fully saturated rings. The molecule has 1 aliphatic rings. The van der Waals surface area contributed by atoms with Crippen LogP contribution in [0.4, 0.5) is 21.0 Å². The molecule has 11 heteroatoms.